The Kier molecular flexibility index (Phi) is 3.93. The van der Waals surface area contributed by atoms with E-state index in [-0.39, 0.29) is 0 Å². The molecule has 0 bridgehead atoms. The summed E-state index contributed by atoms with van der Waals surface area (Å²) in [4.78, 5) is 2.17. The topological polar surface area (TPSA) is 36.9 Å². The number of hydrogen-bond acceptors (Lipinski definition) is 3. The highest BCUT2D eigenvalue weighted by Crippen LogP contribution is 2.17. The summed E-state index contributed by atoms with van der Waals surface area (Å²) in [7, 11) is 4.13. The lowest BCUT2D eigenvalue weighted by Gasteiger charge is -2.20. The van der Waals surface area contributed by atoms with Crippen LogP contribution in [0.25, 0.3) is 11.4 Å². The third kappa shape index (κ3) is 2.68. The second-order valence-corrected chi connectivity index (χ2v) is 5.03. The molecule has 1 unspecified atom stereocenters. The molecule has 5 heteroatoms. The molecule has 0 saturated carbocycles. The van der Waals surface area contributed by atoms with Gasteiger partial charge in [0, 0.05) is 18.2 Å². The van der Waals surface area contributed by atoms with Gasteiger partial charge in [-0.25, -0.2) is 0 Å². The Morgan fingerprint density at radius 1 is 1.33 bits per heavy atom. The largest absolute Gasteiger partial charge is 0.305 e. The molecule has 1 aromatic heterocycles. The van der Waals surface area contributed by atoms with E-state index in [4.69, 9.17) is 12.2 Å². The summed E-state index contributed by atoms with van der Waals surface area (Å²) in [5.41, 5.74) is 1.08. The maximum Gasteiger partial charge on any atom is 0.195 e. The van der Waals surface area contributed by atoms with Crippen LogP contribution in [0.5, 0.6) is 0 Å². The van der Waals surface area contributed by atoms with Crippen molar-refractivity contribution in [3.8, 4) is 11.4 Å². The number of likely N-dealkylation sites (N-methyl/N-ethyl adjacent to an activating group) is 1. The first kappa shape index (κ1) is 13.0. The molecule has 1 atom stereocenters. The van der Waals surface area contributed by atoms with Crippen molar-refractivity contribution in [1.29, 1.82) is 0 Å². The number of nitrogens with zero attached hydrogens (tertiary/aromatic N) is 3. The highest BCUT2D eigenvalue weighted by Gasteiger charge is 2.12. The maximum atomic E-state index is 5.30. The standard InChI is InChI=1S/C13H18N4S/c1-10(16(2)3)9-17-12(14-15-13(17)18)11-7-5-4-6-8-11/h4-8,10H,9H2,1-3H3,(H,15,18). The van der Waals surface area contributed by atoms with Gasteiger partial charge in [0.2, 0.25) is 0 Å². The fraction of sp³-hybridized carbons (Fsp3) is 0.385. The van der Waals surface area contributed by atoms with Crippen LogP contribution >= 0.6 is 12.2 Å². The minimum atomic E-state index is 0.400. The predicted molar refractivity (Wildman–Crippen MR) is 76.0 cm³/mol. The SMILES string of the molecule is CC(Cn1c(-c2ccccc2)n[nH]c1=S)N(C)C. The van der Waals surface area contributed by atoms with Crippen LogP contribution in [-0.2, 0) is 6.54 Å². The van der Waals surface area contributed by atoms with Crippen molar-refractivity contribution in [2.75, 3.05) is 14.1 Å². The molecule has 0 saturated heterocycles. The first-order valence-electron chi connectivity index (χ1n) is 5.96. The Labute approximate surface area is 112 Å². The van der Waals surface area contributed by atoms with Crippen LogP contribution in [0.3, 0.4) is 0 Å². The Morgan fingerprint density at radius 2 is 2.00 bits per heavy atom. The van der Waals surface area contributed by atoms with Gasteiger partial charge < -0.3 is 4.90 Å². The number of rotatable bonds is 4. The van der Waals surface area contributed by atoms with Crippen LogP contribution in [0.1, 0.15) is 6.92 Å². The zero-order chi connectivity index (χ0) is 13.1. The molecule has 0 radical (unpaired) electrons. The van der Waals surface area contributed by atoms with E-state index >= 15 is 0 Å². The number of hydrogen-bond donors (Lipinski definition) is 1. The summed E-state index contributed by atoms with van der Waals surface area (Å²) < 4.78 is 2.72. The highest BCUT2D eigenvalue weighted by molar-refractivity contribution is 7.71. The Bertz CT molecular complexity index is 556. The average Bonchev–Trinajstić information content (AvgIpc) is 2.72. The monoisotopic (exact) mass is 262 g/mol. The van der Waals surface area contributed by atoms with Crippen molar-refractivity contribution < 1.29 is 0 Å². The molecule has 2 rings (SSSR count). The summed E-state index contributed by atoms with van der Waals surface area (Å²) >= 11 is 5.30. The van der Waals surface area contributed by atoms with Gasteiger partial charge in [-0.1, -0.05) is 30.3 Å². The molecule has 1 heterocycles. The van der Waals surface area contributed by atoms with Crippen molar-refractivity contribution in [2.24, 2.45) is 0 Å². The number of H-pyrrole nitrogens is 1. The first-order chi connectivity index (χ1) is 8.59. The second kappa shape index (κ2) is 5.46. The van der Waals surface area contributed by atoms with Gasteiger partial charge in [0.1, 0.15) is 0 Å². The second-order valence-electron chi connectivity index (χ2n) is 4.64. The van der Waals surface area contributed by atoms with Gasteiger partial charge in [-0.15, -0.1) is 0 Å². The summed E-state index contributed by atoms with van der Waals surface area (Å²) in [6.07, 6.45) is 0. The molecular weight excluding hydrogens is 244 g/mol. The lowest BCUT2D eigenvalue weighted by molar-refractivity contribution is 0.283. The van der Waals surface area contributed by atoms with Crippen LogP contribution in [-0.4, -0.2) is 39.8 Å². The normalized spacial score (nSPS) is 12.9. The molecule has 0 aliphatic carbocycles. The highest BCUT2D eigenvalue weighted by atomic mass is 32.1. The Hall–Kier alpha value is -1.46. The van der Waals surface area contributed by atoms with Crippen LogP contribution in [0.4, 0.5) is 0 Å². The average molecular weight is 262 g/mol. The first-order valence-corrected chi connectivity index (χ1v) is 6.37. The van der Waals surface area contributed by atoms with Gasteiger partial charge in [-0.05, 0) is 33.2 Å². The number of nitrogens with one attached hydrogen (secondary N) is 1. The van der Waals surface area contributed by atoms with Gasteiger partial charge in [-0.3, -0.25) is 9.67 Å². The van der Waals surface area contributed by atoms with E-state index in [0.29, 0.717) is 10.8 Å². The fourth-order valence-corrected chi connectivity index (χ4v) is 1.93. The molecular formula is C13H18N4S. The van der Waals surface area contributed by atoms with Gasteiger partial charge >= 0.3 is 0 Å². The lowest BCUT2D eigenvalue weighted by Crippen LogP contribution is -2.29. The van der Waals surface area contributed by atoms with Crippen molar-refractivity contribution in [2.45, 2.75) is 19.5 Å². The van der Waals surface area contributed by atoms with Gasteiger partial charge in [0.25, 0.3) is 0 Å². The van der Waals surface area contributed by atoms with E-state index in [1.807, 2.05) is 30.3 Å². The van der Waals surface area contributed by atoms with Crippen molar-refractivity contribution in [1.82, 2.24) is 19.7 Å². The Balaban J connectivity index is 2.37. The summed E-state index contributed by atoms with van der Waals surface area (Å²) in [6.45, 7) is 3.00. The summed E-state index contributed by atoms with van der Waals surface area (Å²) in [5.74, 6) is 0.898. The van der Waals surface area contributed by atoms with Crippen LogP contribution < -0.4 is 0 Å². The maximum absolute atomic E-state index is 5.30. The minimum Gasteiger partial charge on any atom is -0.305 e. The molecule has 2 aromatic rings. The van der Waals surface area contributed by atoms with Crippen LogP contribution in [0, 0.1) is 4.77 Å². The van der Waals surface area contributed by atoms with Gasteiger partial charge in [0.05, 0.1) is 0 Å². The third-order valence-electron chi connectivity index (χ3n) is 3.12. The lowest BCUT2D eigenvalue weighted by atomic mass is 10.2. The zero-order valence-electron chi connectivity index (χ0n) is 10.9. The minimum absolute atomic E-state index is 0.400. The van der Waals surface area contributed by atoms with E-state index in [2.05, 4.69) is 40.7 Å². The predicted octanol–water partition coefficient (Wildman–Crippen LogP) is 2.56. The van der Waals surface area contributed by atoms with Crippen molar-refractivity contribution >= 4 is 12.2 Å². The van der Waals surface area contributed by atoms with Crippen molar-refractivity contribution in [3.05, 3.63) is 35.1 Å². The fourth-order valence-electron chi connectivity index (χ4n) is 1.72. The van der Waals surface area contributed by atoms with Gasteiger partial charge in [0.15, 0.2) is 10.6 Å². The number of aromatic amines is 1. The number of benzene rings is 1. The van der Waals surface area contributed by atoms with E-state index in [1.165, 1.54) is 0 Å². The van der Waals surface area contributed by atoms with E-state index in [9.17, 15) is 0 Å². The molecule has 96 valence electrons. The van der Waals surface area contributed by atoms with Crippen LogP contribution in [0.15, 0.2) is 30.3 Å². The molecule has 0 aliphatic heterocycles. The molecule has 0 spiro atoms. The molecule has 0 aliphatic rings. The Morgan fingerprint density at radius 3 is 2.61 bits per heavy atom. The molecule has 0 fully saturated rings. The van der Waals surface area contributed by atoms with Gasteiger partial charge in [-0.2, -0.15) is 5.10 Å². The molecule has 0 amide bonds. The summed E-state index contributed by atoms with van der Waals surface area (Å²) in [6, 6.07) is 10.5. The van der Waals surface area contributed by atoms with E-state index in [0.717, 1.165) is 17.9 Å². The summed E-state index contributed by atoms with van der Waals surface area (Å²) in [5, 5.41) is 7.20. The third-order valence-corrected chi connectivity index (χ3v) is 3.43. The molecule has 1 N–H and O–H groups in total. The zero-order valence-corrected chi connectivity index (χ0v) is 11.7. The quantitative estimate of drug-likeness (QED) is 0.860. The smallest absolute Gasteiger partial charge is 0.195 e. The van der Waals surface area contributed by atoms with Crippen molar-refractivity contribution in [3.63, 3.8) is 0 Å². The van der Waals surface area contributed by atoms with E-state index in [1.54, 1.807) is 0 Å². The van der Waals surface area contributed by atoms with E-state index < -0.39 is 0 Å². The number of aromatic nitrogens is 3. The molecule has 1 aromatic carbocycles. The molecule has 18 heavy (non-hydrogen) atoms. The van der Waals surface area contributed by atoms with Crippen LogP contribution in [0.2, 0.25) is 0 Å². The molecule has 4 nitrogen and oxygen atoms in total.